The molecule has 66 valence electrons. The average molecular weight is 169 g/mol. The largest absolute Gasteiger partial charge is 0.506 e. The fraction of sp³-hybridized carbons (Fsp3) is 0.125. The SMILES string of the molecule is CC(=O)O.Nc1ccccc1O. The van der Waals surface area contributed by atoms with E-state index < -0.39 is 5.97 Å². The van der Waals surface area contributed by atoms with E-state index in [2.05, 4.69) is 0 Å². The number of nitrogen functional groups attached to an aromatic ring is 1. The Kier molecular flexibility index (Phi) is 4.30. The summed E-state index contributed by atoms with van der Waals surface area (Å²) in [5, 5.41) is 16.2. The minimum Gasteiger partial charge on any atom is -0.506 e. The van der Waals surface area contributed by atoms with Gasteiger partial charge in [-0.15, -0.1) is 0 Å². The van der Waals surface area contributed by atoms with E-state index in [4.69, 9.17) is 20.7 Å². The zero-order valence-electron chi connectivity index (χ0n) is 6.69. The Morgan fingerprint density at radius 1 is 1.42 bits per heavy atom. The third kappa shape index (κ3) is 5.10. The third-order valence-corrected chi connectivity index (χ3v) is 0.937. The number of nitrogens with two attached hydrogens (primary N) is 1. The van der Waals surface area contributed by atoms with Crippen LogP contribution in [0.4, 0.5) is 5.69 Å². The molecule has 0 aromatic heterocycles. The summed E-state index contributed by atoms with van der Waals surface area (Å²) < 4.78 is 0. The van der Waals surface area contributed by atoms with E-state index in [9.17, 15) is 0 Å². The van der Waals surface area contributed by atoms with Crippen molar-refractivity contribution in [3.05, 3.63) is 24.3 Å². The van der Waals surface area contributed by atoms with Crippen LogP contribution in [0.15, 0.2) is 24.3 Å². The number of carboxylic acids is 1. The average Bonchev–Trinajstić information content (AvgIpc) is 1.94. The van der Waals surface area contributed by atoms with Gasteiger partial charge in [0.15, 0.2) is 0 Å². The molecule has 1 aromatic carbocycles. The molecule has 0 fully saturated rings. The highest BCUT2D eigenvalue weighted by molar-refractivity contribution is 5.62. The summed E-state index contributed by atoms with van der Waals surface area (Å²) in [6.07, 6.45) is 0. The van der Waals surface area contributed by atoms with E-state index >= 15 is 0 Å². The molecule has 4 nitrogen and oxygen atoms in total. The van der Waals surface area contributed by atoms with Crippen LogP contribution < -0.4 is 5.73 Å². The molecule has 0 bridgehead atoms. The molecule has 1 rings (SSSR count). The smallest absolute Gasteiger partial charge is 0.300 e. The maximum Gasteiger partial charge on any atom is 0.300 e. The molecule has 12 heavy (non-hydrogen) atoms. The Morgan fingerprint density at radius 3 is 2.08 bits per heavy atom. The molecule has 0 aliphatic rings. The van der Waals surface area contributed by atoms with Crippen LogP contribution in [0.1, 0.15) is 6.92 Å². The number of aromatic hydroxyl groups is 1. The van der Waals surface area contributed by atoms with Crippen molar-refractivity contribution in [2.45, 2.75) is 6.92 Å². The van der Waals surface area contributed by atoms with Crippen molar-refractivity contribution in [3.63, 3.8) is 0 Å². The number of aliphatic carboxylic acids is 1. The Morgan fingerprint density at radius 2 is 1.83 bits per heavy atom. The summed E-state index contributed by atoms with van der Waals surface area (Å²) in [5.41, 5.74) is 5.69. The van der Waals surface area contributed by atoms with Gasteiger partial charge in [0.25, 0.3) is 5.97 Å². The number of phenolic OH excluding ortho intramolecular Hbond substituents is 1. The van der Waals surface area contributed by atoms with Crippen LogP contribution in [0.2, 0.25) is 0 Å². The lowest BCUT2D eigenvalue weighted by atomic mass is 10.3. The number of anilines is 1. The number of hydrogen-bond acceptors (Lipinski definition) is 3. The highest BCUT2D eigenvalue weighted by Crippen LogP contribution is 2.16. The predicted molar refractivity (Wildman–Crippen MR) is 45.8 cm³/mol. The Labute approximate surface area is 70.3 Å². The maximum absolute atomic E-state index is 9.00. The molecular formula is C8H11NO3. The van der Waals surface area contributed by atoms with Gasteiger partial charge in [-0.1, -0.05) is 12.1 Å². The summed E-state index contributed by atoms with van der Waals surface area (Å²) in [4.78, 5) is 9.00. The second kappa shape index (κ2) is 5.01. The molecule has 0 spiro atoms. The molecule has 0 saturated carbocycles. The number of hydrogen-bond donors (Lipinski definition) is 3. The fourth-order valence-electron chi connectivity index (χ4n) is 0.488. The summed E-state index contributed by atoms with van der Waals surface area (Å²) in [6.45, 7) is 1.08. The molecule has 4 heteroatoms. The van der Waals surface area contributed by atoms with Gasteiger partial charge in [0.2, 0.25) is 0 Å². The molecule has 1 aromatic rings. The van der Waals surface area contributed by atoms with Gasteiger partial charge in [0.05, 0.1) is 5.69 Å². The van der Waals surface area contributed by atoms with E-state index in [1.807, 2.05) is 0 Å². The first-order valence-corrected chi connectivity index (χ1v) is 3.27. The molecule has 0 amide bonds. The number of carbonyl (C=O) groups is 1. The Bertz CT molecular complexity index is 235. The molecule has 0 radical (unpaired) electrons. The fourth-order valence-corrected chi connectivity index (χ4v) is 0.488. The lowest BCUT2D eigenvalue weighted by Crippen LogP contribution is -1.82. The summed E-state index contributed by atoms with van der Waals surface area (Å²) in [5.74, 6) is -0.687. The standard InChI is InChI=1S/C6H7NO.C2H4O2/c7-5-3-1-2-4-6(5)8;1-2(3)4/h1-4,8H,7H2;1H3,(H,3,4). The Balaban J connectivity index is 0.000000261. The van der Waals surface area contributed by atoms with Crippen molar-refractivity contribution in [2.24, 2.45) is 0 Å². The number of rotatable bonds is 0. The van der Waals surface area contributed by atoms with Crippen LogP contribution in [0.3, 0.4) is 0 Å². The second-order valence-electron chi connectivity index (χ2n) is 2.08. The van der Waals surface area contributed by atoms with Crippen molar-refractivity contribution in [1.82, 2.24) is 0 Å². The first-order chi connectivity index (χ1) is 5.54. The van der Waals surface area contributed by atoms with Crippen LogP contribution in [0.5, 0.6) is 5.75 Å². The van der Waals surface area contributed by atoms with E-state index in [1.54, 1.807) is 24.3 Å². The number of benzene rings is 1. The van der Waals surface area contributed by atoms with Gasteiger partial charge in [0, 0.05) is 6.92 Å². The second-order valence-corrected chi connectivity index (χ2v) is 2.08. The predicted octanol–water partition coefficient (Wildman–Crippen LogP) is 1.07. The van der Waals surface area contributed by atoms with Crippen molar-refractivity contribution < 1.29 is 15.0 Å². The quantitative estimate of drug-likeness (QED) is 0.400. The van der Waals surface area contributed by atoms with Crippen LogP contribution in [-0.2, 0) is 4.79 Å². The van der Waals surface area contributed by atoms with E-state index in [0.717, 1.165) is 6.92 Å². The van der Waals surface area contributed by atoms with E-state index in [0.29, 0.717) is 5.69 Å². The minimum atomic E-state index is -0.833. The number of phenols is 1. The zero-order chi connectivity index (χ0) is 9.56. The first kappa shape index (κ1) is 10.3. The molecule has 0 aliphatic heterocycles. The molecule has 0 saturated heterocycles. The van der Waals surface area contributed by atoms with Crippen LogP contribution in [0, 0.1) is 0 Å². The maximum atomic E-state index is 9.00. The summed E-state index contributed by atoms with van der Waals surface area (Å²) in [6, 6.07) is 6.70. The number of para-hydroxylation sites is 2. The van der Waals surface area contributed by atoms with Crippen molar-refractivity contribution in [2.75, 3.05) is 5.73 Å². The van der Waals surface area contributed by atoms with Gasteiger partial charge in [-0.3, -0.25) is 4.79 Å². The monoisotopic (exact) mass is 169 g/mol. The zero-order valence-corrected chi connectivity index (χ0v) is 6.69. The molecule has 0 heterocycles. The van der Waals surface area contributed by atoms with Crippen molar-refractivity contribution >= 4 is 11.7 Å². The van der Waals surface area contributed by atoms with Crippen molar-refractivity contribution in [3.8, 4) is 5.75 Å². The molecule has 0 unspecified atom stereocenters. The normalized spacial score (nSPS) is 8.08. The highest BCUT2D eigenvalue weighted by atomic mass is 16.4. The van der Waals surface area contributed by atoms with Gasteiger partial charge >= 0.3 is 0 Å². The van der Waals surface area contributed by atoms with Gasteiger partial charge in [-0.05, 0) is 12.1 Å². The van der Waals surface area contributed by atoms with Gasteiger partial charge in [0.1, 0.15) is 5.75 Å². The molecule has 0 aliphatic carbocycles. The van der Waals surface area contributed by atoms with Gasteiger partial charge in [-0.2, -0.15) is 0 Å². The Hall–Kier alpha value is -1.71. The van der Waals surface area contributed by atoms with Crippen molar-refractivity contribution in [1.29, 1.82) is 0 Å². The van der Waals surface area contributed by atoms with Crippen LogP contribution in [-0.4, -0.2) is 16.2 Å². The number of carboxylic acid groups (broad SMARTS) is 1. The molecule has 0 atom stereocenters. The molecule has 4 N–H and O–H groups in total. The minimum absolute atomic E-state index is 0.146. The van der Waals surface area contributed by atoms with E-state index in [1.165, 1.54) is 0 Å². The summed E-state index contributed by atoms with van der Waals surface area (Å²) >= 11 is 0. The summed E-state index contributed by atoms with van der Waals surface area (Å²) in [7, 11) is 0. The third-order valence-electron chi connectivity index (χ3n) is 0.937. The first-order valence-electron chi connectivity index (χ1n) is 3.27. The lowest BCUT2D eigenvalue weighted by molar-refractivity contribution is -0.134. The lowest BCUT2D eigenvalue weighted by Gasteiger charge is -1.92. The molecular weight excluding hydrogens is 158 g/mol. The topological polar surface area (TPSA) is 83.5 Å². The van der Waals surface area contributed by atoms with Crippen LogP contribution >= 0.6 is 0 Å². The highest BCUT2D eigenvalue weighted by Gasteiger charge is 1.87. The van der Waals surface area contributed by atoms with E-state index in [-0.39, 0.29) is 5.75 Å². The van der Waals surface area contributed by atoms with Crippen LogP contribution in [0.25, 0.3) is 0 Å². The van der Waals surface area contributed by atoms with Gasteiger partial charge < -0.3 is 15.9 Å². The van der Waals surface area contributed by atoms with Gasteiger partial charge in [-0.25, -0.2) is 0 Å².